The minimum atomic E-state index is 0.165. The van der Waals surface area contributed by atoms with Crippen LogP contribution in [0.3, 0.4) is 0 Å². The summed E-state index contributed by atoms with van der Waals surface area (Å²) >= 11 is 3.56. The number of carbonyl (C=O) groups is 1. The van der Waals surface area contributed by atoms with Crippen molar-refractivity contribution in [2.24, 2.45) is 5.92 Å². The molecule has 1 N–H and O–H groups in total. The van der Waals surface area contributed by atoms with Gasteiger partial charge in [0.05, 0.1) is 0 Å². The molecule has 4 heteroatoms. The van der Waals surface area contributed by atoms with Crippen LogP contribution in [0.25, 0.3) is 0 Å². The highest BCUT2D eigenvalue weighted by atomic mass is 79.9. The molecule has 19 heavy (non-hydrogen) atoms. The Morgan fingerprint density at radius 1 is 1.42 bits per heavy atom. The number of benzene rings is 1. The average molecular weight is 325 g/mol. The molecule has 104 valence electrons. The van der Waals surface area contributed by atoms with Gasteiger partial charge in [0, 0.05) is 16.9 Å². The van der Waals surface area contributed by atoms with Crippen molar-refractivity contribution >= 4 is 21.8 Å². The molecule has 0 unspecified atom stereocenters. The molecule has 0 spiro atoms. The van der Waals surface area contributed by atoms with Gasteiger partial charge in [-0.3, -0.25) is 4.79 Å². The molecule has 1 amide bonds. The largest absolute Gasteiger partial charge is 0.356 e. The molecular weight excluding hydrogens is 304 g/mol. The predicted octanol–water partition coefficient (Wildman–Crippen LogP) is 2.62. The first-order valence-corrected chi connectivity index (χ1v) is 7.55. The molecule has 2 atom stereocenters. The molecule has 1 fully saturated rings. The Morgan fingerprint density at radius 3 is 2.84 bits per heavy atom. The molecule has 2 rings (SSSR count). The molecule has 0 aliphatic heterocycles. The van der Waals surface area contributed by atoms with Crippen molar-refractivity contribution in [2.45, 2.75) is 18.8 Å². The van der Waals surface area contributed by atoms with Crippen LogP contribution in [0.15, 0.2) is 28.7 Å². The average Bonchev–Trinajstić information content (AvgIpc) is 3.15. The van der Waals surface area contributed by atoms with Crippen molar-refractivity contribution in [1.29, 1.82) is 0 Å². The van der Waals surface area contributed by atoms with Gasteiger partial charge in [-0.2, -0.15) is 0 Å². The Kier molecular flexibility index (Phi) is 4.99. The van der Waals surface area contributed by atoms with E-state index in [1.165, 1.54) is 5.56 Å². The lowest BCUT2D eigenvalue weighted by Crippen LogP contribution is -2.28. The first kappa shape index (κ1) is 14.5. The summed E-state index contributed by atoms with van der Waals surface area (Å²) in [5, 5.41) is 3.04. The van der Waals surface area contributed by atoms with Crippen LogP contribution in [0.2, 0.25) is 0 Å². The third-order valence-corrected chi connectivity index (χ3v) is 4.24. The van der Waals surface area contributed by atoms with Crippen molar-refractivity contribution < 1.29 is 4.79 Å². The smallest absolute Gasteiger partial charge is 0.223 e. The summed E-state index contributed by atoms with van der Waals surface area (Å²) in [7, 11) is 4.09. The zero-order valence-corrected chi connectivity index (χ0v) is 13.1. The van der Waals surface area contributed by atoms with Crippen molar-refractivity contribution in [2.75, 3.05) is 27.2 Å². The van der Waals surface area contributed by atoms with Gasteiger partial charge in [-0.25, -0.2) is 0 Å². The zero-order chi connectivity index (χ0) is 13.8. The lowest BCUT2D eigenvalue weighted by atomic mass is 10.1. The highest BCUT2D eigenvalue weighted by Gasteiger charge is 2.44. The normalized spacial score (nSPS) is 21.5. The number of hydrogen-bond acceptors (Lipinski definition) is 2. The Morgan fingerprint density at radius 2 is 2.16 bits per heavy atom. The number of nitrogens with one attached hydrogen (secondary N) is 1. The first-order chi connectivity index (χ1) is 9.09. The van der Waals surface area contributed by atoms with Gasteiger partial charge in [0.2, 0.25) is 5.91 Å². The Balaban J connectivity index is 1.76. The van der Waals surface area contributed by atoms with Crippen LogP contribution in [0, 0.1) is 5.92 Å². The highest BCUT2D eigenvalue weighted by molar-refractivity contribution is 9.10. The number of rotatable bonds is 6. The maximum Gasteiger partial charge on any atom is 0.223 e. The van der Waals surface area contributed by atoms with E-state index in [1.807, 2.05) is 32.3 Å². The van der Waals surface area contributed by atoms with E-state index in [-0.39, 0.29) is 11.8 Å². The van der Waals surface area contributed by atoms with E-state index in [9.17, 15) is 4.79 Å². The van der Waals surface area contributed by atoms with E-state index in [4.69, 9.17) is 0 Å². The van der Waals surface area contributed by atoms with Crippen molar-refractivity contribution in [3.8, 4) is 0 Å². The van der Waals surface area contributed by atoms with E-state index in [2.05, 4.69) is 32.2 Å². The van der Waals surface area contributed by atoms with Crippen molar-refractivity contribution in [3.63, 3.8) is 0 Å². The summed E-state index contributed by atoms with van der Waals surface area (Å²) in [5.41, 5.74) is 1.26. The number of carbonyl (C=O) groups excluding carboxylic acids is 1. The third-order valence-electron chi connectivity index (χ3n) is 3.51. The maximum atomic E-state index is 12.0. The quantitative estimate of drug-likeness (QED) is 0.816. The zero-order valence-electron chi connectivity index (χ0n) is 11.5. The van der Waals surface area contributed by atoms with Crippen LogP contribution < -0.4 is 5.32 Å². The molecule has 1 aromatic rings. The van der Waals surface area contributed by atoms with E-state index in [0.29, 0.717) is 5.92 Å². The third kappa shape index (κ3) is 4.05. The molecule has 1 aromatic carbocycles. The maximum absolute atomic E-state index is 12.0. The number of hydrogen-bond donors (Lipinski definition) is 1. The molecule has 1 aliphatic rings. The minimum Gasteiger partial charge on any atom is -0.356 e. The summed E-state index contributed by atoms with van der Waals surface area (Å²) < 4.78 is 1.11. The fourth-order valence-electron chi connectivity index (χ4n) is 2.34. The molecule has 0 aromatic heterocycles. The summed E-state index contributed by atoms with van der Waals surface area (Å²) in [5.74, 6) is 0.766. The predicted molar refractivity (Wildman–Crippen MR) is 81.2 cm³/mol. The monoisotopic (exact) mass is 324 g/mol. The van der Waals surface area contributed by atoms with E-state index < -0.39 is 0 Å². The molecular formula is C15H21BrN2O. The van der Waals surface area contributed by atoms with Crippen LogP contribution >= 0.6 is 15.9 Å². The number of halogens is 1. The molecule has 1 saturated carbocycles. The second kappa shape index (κ2) is 6.53. The molecule has 0 bridgehead atoms. The molecule has 3 nitrogen and oxygen atoms in total. The Hall–Kier alpha value is -0.870. The Bertz CT molecular complexity index is 448. The van der Waals surface area contributed by atoms with Gasteiger partial charge in [-0.1, -0.05) is 34.1 Å². The van der Waals surface area contributed by atoms with Crippen LogP contribution in [-0.4, -0.2) is 38.0 Å². The van der Waals surface area contributed by atoms with Crippen LogP contribution in [-0.2, 0) is 4.79 Å². The molecule has 0 radical (unpaired) electrons. The van der Waals surface area contributed by atoms with E-state index in [1.54, 1.807) is 0 Å². The summed E-state index contributed by atoms with van der Waals surface area (Å²) in [6.07, 6.45) is 1.98. The van der Waals surface area contributed by atoms with Gasteiger partial charge in [0.25, 0.3) is 0 Å². The molecule has 1 aliphatic carbocycles. The van der Waals surface area contributed by atoms with Gasteiger partial charge in [-0.05, 0) is 51.0 Å². The van der Waals surface area contributed by atoms with Gasteiger partial charge in [-0.15, -0.1) is 0 Å². The van der Waals surface area contributed by atoms with E-state index in [0.717, 1.165) is 30.4 Å². The second-order valence-electron chi connectivity index (χ2n) is 5.42. The second-order valence-corrected chi connectivity index (χ2v) is 6.27. The van der Waals surface area contributed by atoms with Crippen LogP contribution in [0.4, 0.5) is 0 Å². The van der Waals surface area contributed by atoms with Gasteiger partial charge in [0.15, 0.2) is 0 Å². The van der Waals surface area contributed by atoms with Crippen molar-refractivity contribution in [3.05, 3.63) is 34.3 Å². The SMILES string of the molecule is CN(C)CCCNC(=O)[C@H]1C[C@@H]1c1ccccc1Br. The minimum absolute atomic E-state index is 0.165. The fourth-order valence-corrected chi connectivity index (χ4v) is 2.92. The van der Waals surface area contributed by atoms with Gasteiger partial charge in [0.1, 0.15) is 0 Å². The van der Waals surface area contributed by atoms with Gasteiger partial charge >= 0.3 is 0 Å². The lowest BCUT2D eigenvalue weighted by molar-refractivity contribution is -0.122. The summed E-state index contributed by atoms with van der Waals surface area (Å²) in [4.78, 5) is 14.1. The molecule has 0 saturated heterocycles. The van der Waals surface area contributed by atoms with E-state index >= 15 is 0 Å². The van der Waals surface area contributed by atoms with Crippen molar-refractivity contribution in [1.82, 2.24) is 10.2 Å². The fraction of sp³-hybridized carbons (Fsp3) is 0.533. The topological polar surface area (TPSA) is 32.3 Å². The summed E-state index contributed by atoms with van der Waals surface area (Å²) in [6.45, 7) is 1.79. The lowest BCUT2D eigenvalue weighted by Gasteiger charge is -2.10. The molecule has 0 heterocycles. The Labute approximate surface area is 123 Å². The van der Waals surface area contributed by atoms with Gasteiger partial charge < -0.3 is 10.2 Å². The number of amides is 1. The number of nitrogens with zero attached hydrogens (tertiary/aromatic N) is 1. The van der Waals surface area contributed by atoms with Crippen LogP contribution in [0.1, 0.15) is 24.3 Å². The van der Waals surface area contributed by atoms with Crippen LogP contribution in [0.5, 0.6) is 0 Å². The standard InChI is InChI=1S/C15H21BrN2O/c1-18(2)9-5-8-17-15(19)13-10-12(13)11-6-3-4-7-14(11)16/h3-4,6-7,12-13H,5,8-10H2,1-2H3,(H,17,19)/t12-,13+/m1/s1. The summed E-state index contributed by atoms with van der Waals surface area (Å²) in [6, 6.07) is 8.19. The first-order valence-electron chi connectivity index (χ1n) is 6.76. The highest BCUT2D eigenvalue weighted by Crippen LogP contribution is 2.49.